The van der Waals surface area contributed by atoms with Crippen LogP contribution in [-0.2, 0) is 4.74 Å². The summed E-state index contributed by atoms with van der Waals surface area (Å²) in [6.45, 7) is 4.37. The molecule has 0 aliphatic rings. The number of carboxylic acid groups (broad SMARTS) is 1. The van der Waals surface area contributed by atoms with Crippen molar-refractivity contribution in [2.24, 2.45) is 0 Å². The molecular weight excluding hydrogens is 198 g/mol. The summed E-state index contributed by atoms with van der Waals surface area (Å²) in [6.07, 6.45) is 0. The van der Waals surface area contributed by atoms with E-state index >= 15 is 0 Å². The van der Waals surface area contributed by atoms with E-state index in [-0.39, 0.29) is 11.4 Å². The van der Waals surface area contributed by atoms with E-state index in [9.17, 15) is 4.79 Å². The molecular formula is C10H15NO4. The van der Waals surface area contributed by atoms with Crippen molar-refractivity contribution in [3.8, 4) is 0 Å². The molecule has 0 unspecified atom stereocenters. The first kappa shape index (κ1) is 11.6. The van der Waals surface area contributed by atoms with E-state index in [1.807, 2.05) is 13.8 Å². The van der Waals surface area contributed by atoms with Crippen LogP contribution in [0.5, 0.6) is 0 Å². The van der Waals surface area contributed by atoms with Crippen LogP contribution in [0.3, 0.4) is 0 Å². The second-order valence-corrected chi connectivity index (χ2v) is 3.79. The number of aromatic carboxylic acids is 1. The molecule has 5 nitrogen and oxygen atoms in total. The van der Waals surface area contributed by atoms with Gasteiger partial charge in [-0.05, 0) is 19.9 Å². The van der Waals surface area contributed by atoms with E-state index in [2.05, 4.69) is 5.32 Å². The number of carbonyl (C=O) groups is 1. The van der Waals surface area contributed by atoms with Crippen LogP contribution in [0.2, 0.25) is 0 Å². The van der Waals surface area contributed by atoms with Gasteiger partial charge in [0, 0.05) is 19.7 Å². The fourth-order valence-corrected chi connectivity index (χ4v) is 0.920. The molecule has 15 heavy (non-hydrogen) atoms. The van der Waals surface area contributed by atoms with Crippen LogP contribution in [0.4, 0.5) is 5.88 Å². The van der Waals surface area contributed by atoms with Gasteiger partial charge in [0.25, 0.3) is 0 Å². The highest BCUT2D eigenvalue weighted by molar-refractivity contribution is 5.84. The molecule has 2 N–H and O–H groups in total. The van der Waals surface area contributed by atoms with Crippen molar-refractivity contribution >= 4 is 11.9 Å². The molecule has 1 aromatic rings. The minimum Gasteiger partial charge on any atom is -0.475 e. The topological polar surface area (TPSA) is 71.7 Å². The van der Waals surface area contributed by atoms with Gasteiger partial charge in [-0.2, -0.15) is 0 Å². The van der Waals surface area contributed by atoms with E-state index in [1.165, 1.54) is 6.07 Å². The lowest BCUT2D eigenvalue weighted by atomic mass is 10.1. The molecule has 0 spiro atoms. The Morgan fingerprint density at radius 3 is 2.73 bits per heavy atom. The zero-order valence-corrected chi connectivity index (χ0v) is 9.03. The monoisotopic (exact) mass is 213 g/mol. The van der Waals surface area contributed by atoms with Gasteiger partial charge in [-0.25, -0.2) is 4.79 Å². The molecule has 0 saturated carbocycles. The maximum Gasteiger partial charge on any atom is 0.371 e. The number of methoxy groups -OCH3 is 1. The lowest BCUT2D eigenvalue weighted by Gasteiger charge is -2.22. The molecule has 0 bridgehead atoms. The summed E-state index contributed by atoms with van der Waals surface area (Å²) in [5.41, 5.74) is -0.323. The van der Waals surface area contributed by atoms with Crippen LogP contribution in [0.1, 0.15) is 24.4 Å². The van der Waals surface area contributed by atoms with Crippen molar-refractivity contribution in [2.75, 3.05) is 19.0 Å². The highest BCUT2D eigenvalue weighted by atomic mass is 16.5. The molecule has 0 amide bonds. The van der Waals surface area contributed by atoms with Gasteiger partial charge in [-0.15, -0.1) is 0 Å². The number of hydrogen-bond donors (Lipinski definition) is 2. The molecule has 0 radical (unpaired) electrons. The predicted octanol–water partition coefficient (Wildman–Crippen LogP) is 1.81. The fourth-order valence-electron chi connectivity index (χ4n) is 0.920. The van der Waals surface area contributed by atoms with Gasteiger partial charge in [0.1, 0.15) is 0 Å². The number of furan rings is 1. The molecule has 84 valence electrons. The average molecular weight is 213 g/mol. The lowest BCUT2D eigenvalue weighted by Crippen LogP contribution is -2.31. The van der Waals surface area contributed by atoms with Crippen LogP contribution in [0, 0.1) is 0 Å². The second kappa shape index (κ2) is 4.35. The minimum absolute atomic E-state index is 0.0762. The SMILES string of the molecule is COC(C)(C)CNc1ccc(C(=O)O)o1. The van der Waals surface area contributed by atoms with Gasteiger partial charge in [0.15, 0.2) is 5.88 Å². The maximum absolute atomic E-state index is 10.5. The number of rotatable bonds is 5. The third kappa shape index (κ3) is 3.28. The molecule has 0 aliphatic carbocycles. The molecule has 0 aliphatic heterocycles. The van der Waals surface area contributed by atoms with Crippen molar-refractivity contribution in [3.05, 3.63) is 17.9 Å². The van der Waals surface area contributed by atoms with Crippen LogP contribution < -0.4 is 5.32 Å². The van der Waals surface area contributed by atoms with E-state index in [0.717, 1.165) is 0 Å². The number of carboxylic acids is 1. The Labute approximate surface area is 88.0 Å². The first-order valence-corrected chi connectivity index (χ1v) is 4.57. The van der Waals surface area contributed by atoms with Crippen molar-refractivity contribution in [2.45, 2.75) is 19.4 Å². The lowest BCUT2D eigenvalue weighted by molar-refractivity contribution is 0.0340. The average Bonchev–Trinajstić information content (AvgIpc) is 2.63. The van der Waals surface area contributed by atoms with Gasteiger partial charge < -0.3 is 19.6 Å². The number of nitrogens with one attached hydrogen (secondary N) is 1. The first-order valence-electron chi connectivity index (χ1n) is 4.57. The summed E-state index contributed by atoms with van der Waals surface area (Å²) in [6, 6.07) is 2.99. The van der Waals surface area contributed by atoms with Gasteiger partial charge in [-0.3, -0.25) is 0 Å². The third-order valence-electron chi connectivity index (χ3n) is 2.06. The fraction of sp³-hybridized carbons (Fsp3) is 0.500. The summed E-state index contributed by atoms with van der Waals surface area (Å²) in [5, 5.41) is 11.6. The second-order valence-electron chi connectivity index (χ2n) is 3.79. The maximum atomic E-state index is 10.5. The van der Waals surface area contributed by atoms with Crippen molar-refractivity contribution in [1.82, 2.24) is 0 Å². The minimum atomic E-state index is -1.07. The van der Waals surface area contributed by atoms with Crippen LogP contribution in [-0.4, -0.2) is 30.3 Å². The van der Waals surface area contributed by atoms with Gasteiger partial charge >= 0.3 is 5.97 Å². The van der Waals surface area contributed by atoms with E-state index < -0.39 is 5.97 Å². The van der Waals surface area contributed by atoms with Crippen molar-refractivity contribution in [1.29, 1.82) is 0 Å². The Bertz CT molecular complexity index is 343. The van der Waals surface area contributed by atoms with Crippen LogP contribution in [0.15, 0.2) is 16.5 Å². The van der Waals surface area contributed by atoms with Crippen molar-refractivity contribution < 1.29 is 19.1 Å². The molecule has 1 aromatic heterocycles. The van der Waals surface area contributed by atoms with Crippen molar-refractivity contribution in [3.63, 3.8) is 0 Å². The number of hydrogen-bond acceptors (Lipinski definition) is 4. The Balaban J connectivity index is 2.55. The zero-order valence-electron chi connectivity index (χ0n) is 9.03. The smallest absolute Gasteiger partial charge is 0.371 e. The Morgan fingerprint density at radius 1 is 1.60 bits per heavy atom. The highest BCUT2D eigenvalue weighted by Gasteiger charge is 2.17. The van der Waals surface area contributed by atoms with Gasteiger partial charge in [0.2, 0.25) is 5.76 Å². The number of ether oxygens (including phenoxy) is 1. The molecule has 0 aromatic carbocycles. The molecule has 1 rings (SSSR count). The summed E-state index contributed by atoms with van der Waals surface area (Å²) in [7, 11) is 1.62. The highest BCUT2D eigenvalue weighted by Crippen LogP contribution is 2.15. The summed E-state index contributed by atoms with van der Waals surface area (Å²) < 4.78 is 10.2. The zero-order chi connectivity index (χ0) is 11.5. The molecule has 5 heteroatoms. The molecule has 1 heterocycles. The quantitative estimate of drug-likeness (QED) is 0.780. The first-order chi connectivity index (χ1) is 6.94. The van der Waals surface area contributed by atoms with Gasteiger partial charge in [-0.1, -0.05) is 0 Å². The largest absolute Gasteiger partial charge is 0.475 e. The summed E-state index contributed by atoms with van der Waals surface area (Å²) in [4.78, 5) is 10.5. The normalized spacial score (nSPS) is 11.4. The van der Waals surface area contributed by atoms with Gasteiger partial charge in [0.05, 0.1) is 5.60 Å². The van der Waals surface area contributed by atoms with E-state index in [1.54, 1.807) is 13.2 Å². The van der Waals surface area contributed by atoms with Crippen LogP contribution in [0.25, 0.3) is 0 Å². The standard InChI is InChI=1S/C10H15NO4/c1-10(2,14-3)6-11-8-5-4-7(15-8)9(12)13/h4-5,11H,6H2,1-3H3,(H,12,13). The Kier molecular flexibility index (Phi) is 3.36. The summed E-state index contributed by atoms with van der Waals surface area (Å²) in [5.74, 6) is -0.723. The molecule has 0 fully saturated rings. The molecule has 0 atom stereocenters. The predicted molar refractivity (Wildman–Crippen MR) is 55.2 cm³/mol. The molecule has 0 saturated heterocycles. The van der Waals surface area contributed by atoms with Crippen LogP contribution >= 0.6 is 0 Å². The summed E-state index contributed by atoms with van der Waals surface area (Å²) >= 11 is 0. The Morgan fingerprint density at radius 2 is 2.27 bits per heavy atom. The van der Waals surface area contributed by atoms with E-state index in [0.29, 0.717) is 12.4 Å². The van der Waals surface area contributed by atoms with E-state index in [4.69, 9.17) is 14.3 Å². The number of anilines is 1. The Hall–Kier alpha value is -1.49. The third-order valence-corrected chi connectivity index (χ3v) is 2.06.